The van der Waals surface area contributed by atoms with E-state index in [1.165, 1.54) is 42.7 Å². The van der Waals surface area contributed by atoms with Crippen molar-refractivity contribution < 1.29 is 27.5 Å². The first kappa shape index (κ1) is 27.5. The van der Waals surface area contributed by atoms with Crippen LogP contribution in [0.5, 0.6) is 5.75 Å². The third-order valence-electron chi connectivity index (χ3n) is 6.22. The second-order valence-corrected chi connectivity index (χ2v) is 10.4. The van der Waals surface area contributed by atoms with E-state index in [9.17, 15) is 22.8 Å². The number of fused-ring (bicyclic) bond motifs is 1. The van der Waals surface area contributed by atoms with Crippen molar-refractivity contribution in [2.24, 2.45) is 0 Å². The molecule has 0 aliphatic carbocycles. The number of thiazole rings is 1. The Labute approximate surface area is 235 Å². The molecule has 2 amide bonds. The van der Waals surface area contributed by atoms with Gasteiger partial charge in [0.15, 0.2) is 5.13 Å². The molecule has 1 aliphatic heterocycles. The molecule has 0 saturated heterocycles. The minimum atomic E-state index is -4.60. The van der Waals surface area contributed by atoms with Crippen LogP contribution in [0.4, 0.5) is 18.3 Å². The van der Waals surface area contributed by atoms with Crippen molar-refractivity contribution in [2.45, 2.75) is 33.1 Å². The van der Waals surface area contributed by atoms with Crippen molar-refractivity contribution in [1.82, 2.24) is 24.8 Å². The first-order valence-corrected chi connectivity index (χ1v) is 12.9. The molecule has 5 heterocycles. The van der Waals surface area contributed by atoms with Gasteiger partial charge in [-0.3, -0.25) is 24.9 Å². The highest BCUT2D eigenvalue weighted by Crippen LogP contribution is 2.36. The number of hydrogen-bond acceptors (Lipinski definition) is 8. The topological polar surface area (TPSA) is 110 Å². The molecule has 0 unspecified atom stereocenters. The molecule has 0 fully saturated rings. The number of carbonyl (C=O) groups excluding carboxylic acids is 2. The molecule has 206 valence electrons. The Bertz CT molecular complexity index is 1640. The third-order valence-corrected chi connectivity index (χ3v) is 7.43. The summed E-state index contributed by atoms with van der Waals surface area (Å²) in [5.41, 5.74) is 1.87. The highest BCUT2D eigenvalue weighted by Gasteiger charge is 2.34. The predicted molar refractivity (Wildman–Crippen MR) is 141 cm³/mol. The fourth-order valence-corrected chi connectivity index (χ4v) is 5.40. The van der Waals surface area contributed by atoms with Gasteiger partial charge in [-0.25, -0.2) is 9.97 Å². The van der Waals surface area contributed by atoms with Gasteiger partial charge in [0.05, 0.1) is 48.1 Å². The minimum Gasteiger partial charge on any atom is -0.494 e. The van der Waals surface area contributed by atoms with Gasteiger partial charge in [0.2, 0.25) is 0 Å². The van der Waals surface area contributed by atoms with Crippen molar-refractivity contribution in [2.75, 3.05) is 12.4 Å². The van der Waals surface area contributed by atoms with E-state index >= 15 is 0 Å². The number of alkyl halides is 3. The molecule has 0 atom stereocenters. The van der Waals surface area contributed by atoms with Crippen LogP contribution in [0.1, 0.15) is 48.2 Å². The summed E-state index contributed by atoms with van der Waals surface area (Å²) in [6.07, 6.45) is -0.725. The lowest BCUT2D eigenvalue weighted by molar-refractivity contribution is -0.141. The van der Waals surface area contributed by atoms with Crippen molar-refractivity contribution in [3.05, 3.63) is 80.6 Å². The molecule has 0 saturated carbocycles. The van der Waals surface area contributed by atoms with Crippen LogP contribution in [0.15, 0.2) is 36.8 Å². The maximum Gasteiger partial charge on any atom is 0.433 e. The molecule has 0 radical (unpaired) electrons. The predicted octanol–water partition coefficient (Wildman–Crippen LogP) is 5.70. The highest BCUT2D eigenvalue weighted by molar-refractivity contribution is 7.16. The standard InChI is InChI=1S/C26H20ClF3N6O3S/c1-12-4-21(26(28,29)30)32-7-16(12)24(38)36-10-18-20(11-36)40-25(34-18)35-23(37)17-8-31-13(2)5-14(17)15-6-22(27)33-9-19(15)39-3/h4-9H,10-11H2,1-3H3,(H,34,35,37). The lowest BCUT2D eigenvalue weighted by atomic mass is 10.0. The molecule has 5 rings (SSSR count). The fourth-order valence-electron chi connectivity index (χ4n) is 4.26. The van der Waals surface area contributed by atoms with Gasteiger partial charge in [-0.05, 0) is 37.6 Å². The number of nitrogens with zero attached hydrogens (tertiary/aromatic N) is 5. The van der Waals surface area contributed by atoms with Crippen LogP contribution in [0.25, 0.3) is 11.1 Å². The van der Waals surface area contributed by atoms with Crippen molar-refractivity contribution >= 4 is 39.9 Å². The molecule has 0 aromatic carbocycles. The number of amides is 2. The second kappa shape index (κ2) is 10.5. The van der Waals surface area contributed by atoms with Gasteiger partial charge < -0.3 is 9.64 Å². The molecular formula is C26H20ClF3N6O3S. The van der Waals surface area contributed by atoms with Gasteiger partial charge in [-0.1, -0.05) is 22.9 Å². The number of nitrogens with one attached hydrogen (secondary N) is 1. The normalized spacial score (nSPS) is 12.8. The van der Waals surface area contributed by atoms with Crippen LogP contribution in [0.2, 0.25) is 5.15 Å². The van der Waals surface area contributed by atoms with Crippen LogP contribution in [-0.2, 0) is 19.3 Å². The molecule has 4 aromatic rings. The lowest BCUT2D eigenvalue weighted by Crippen LogP contribution is -2.27. The summed E-state index contributed by atoms with van der Waals surface area (Å²) < 4.78 is 44.2. The van der Waals surface area contributed by atoms with Crippen molar-refractivity contribution in [3.63, 3.8) is 0 Å². The number of pyridine rings is 3. The number of hydrogen-bond donors (Lipinski definition) is 1. The van der Waals surface area contributed by atoms with E-state index < -0.39 is 23.7 Å². The Hall–Kier alpha value is -4.10. The Kier molecular flexibility index (Phi) is 7.19. The number of aromatic nitrogens is 4. The van der Waals surface area contributed by atoms with E-state index in [1.54, 1.807) is 19.1 Å². The summed E-state index contributed by atoms with van der Waals surface area (Å²) >= 11 is 7.32. The summed E-state index contributed by atoms with van der Waals surface area (Å²) in [6.45, 7) is 3.57. The number of carbonyl (C=O) groups is 2. The largest absolute Gasteiger partial charge is 0.494 e. The maximum absolute atomic E-state index is 13.3. The molecule has 9 nitrogen and oxygen atoms in total. The Morgan fingerprint density at radius 2 is 1.77 bits per heavy atom. The van der Waals surface area contributed by atoms with E-state index in [0.717, 1.165) is 17.1 Å². The summed E-state index contributed by atoms with van der Waals surface area (Å²) in [7, 11) is 1.49. The van der Waals surface area contributed by atoms with Crippen LogP contribution >= 0.6 is 22.9 Å². The number of halogens is 4. The average molecular weight is 589 g/mol. The van der Waals surface area contributed by atoms with Gasteiger partial charge in [0.25, 0.3) is 11.8 Å². The summed E-state index contributed by atoms with van der Waals surface area (Å²) in [5.74, 6) is -0.473. The average Bonchev–Trinajstić information content (AvgIpc) is 3.46. The Morgan fingerprint density at radius 1 is 1.02 bits per heavy atom. The van der Waals surface area contributed by atoms with Crippen molar-refractivity contribution in [3.8, 4) is 16.9 Å². The molecule has 0 spiro atoms. The maximum atomic E-state index is 13.3. The fraction of sp³-hybridized carbons (Fsp3) is 0.231. The van der Waals surface area contributed by atoms with Crippen LogP contribution in [0.3, 0.4) is 0 Å². The quantitative estimate of drug-likeness (QED) is 0.298. The molecule has 14 heteroatoms. The summed E-state index contributed by atoms with van der Waals surface area (Å²) in [4.78, 5) is 44.7. The zero-order valence-corrected chi connectivity index (χ0v) is 22.8. The number of rotatable bonds is 5. The number of anilines is 1. The van der Waals surface area contributed by atoms with E-state index in [4.69, 9.17) is 16.3 Å². The highest BCUT2D eigenvalue weighted by atomic mass is 35.5. The monoisotopic (exact) mass is 588 g/mol. The Morgan fingerprint density at radius 3 is 2.45 bits per heavy atom. The molecule has 1 aliphatic rings. The molecular weight excluding hydrogens is 569 g/mol. The van der Waals surface area contributed by atoms with Gasteiger partial charge in [-0.2, -0.15) is 13.2 Å². The van der Waals surface area contributed by atoms with Crippen LogP contribution in [-0.4, -0.2) is 43.8 Å². The van der Waals surface area contributed by atoms with Gasteiger partial charge in [0, 0.05) is 29.2 Å². The Balaban J connectivity index is 1.33. The van der Waals surface area contributed by atoms with Gasteiger partial charge in [0.1, 0.15) is 16.6 Å². The third kappa shape index (κ3) is 5.34. The smallest absolute Gasteiger partial charge is 0.433 e. The summed E-state index contributed by atoms with van der Waals surface area (Å²) in [5, 5.41) is 3.36. The number of aryl methyl sites for hydroxylation is 2. The molecule has 1 N–H and O–H groups in total. The SMILES string of the molecule is COc1cnc(Cl)cc1-c1cc(C)ncc1C(=O)Nc1nc2c(s1)CN(C(=O)c1cnc(C(F)(F)F)cc1C)C2. The van der Waals surface area contributed by atoms with Gasteiger partial charge in [-0.15, -0.1) is 0 Å². The van der Waals surface area contributed by atoms with Gasteiger partial charge >= 0.3 is 6.18 Å². The number of methoxy groups -OCH3 is 1. The number of ether oxygens (including phenoxy) is 1. The van der Waals surface area contributed by atoms with Crippen LogP contribution in [0, 0.1) is 13.8 Å². The van der Waals surface area contributed by atoms with Crippen molar-refractivity contribution in [1.29, 1.82) is 0 Å². The zero-order chi connectivity index (χ0) is 28.8. The molecule has 4 aromatic heterocycles. The minimum absolute atomic E-state index is 0.0859. The van der Waals surface area contributed by atoms with E-state index in [-0.39, 0.29) is 34.9 Å². The van der Waals surface area contributed by atoms with E-state index in [1.807, 2.05) is 0 Å². The van der Waals surface area contributed by atoms with E-state index in [2.05, 4.69) is 25.3 Å². The second-order valence-electron chi connectivity index (χ2n) is 8.97. The van der Waals surface area contributed by atoms with Crippen LogP contribution < -0.4 is 10.1 Å². The first-order chi connectivity index (χ1) is 18.9. The first-order valence-electron chi connectivity index (χ1n) is 11.7. The van der Waals surface area contributed by atoms with E-state index in [0.29, 0.717) is 33.4 Å². The molecule has 40 heavy (non-hydrogen) atoms. The summed E-state index contributed by atoms with van der Waals surface area (Å²) in [6, 6.07) is 4.20. The molecule has 0 bridgehead atoms. The zero-order valence-electron chi connectivity index (χ0n) is 21.3. The lowest BCUT2D eigenvalue weighted by Gasteiger charge is -2.17.